The van der Waals surface area contributed by atoms with E-state index in [2.05, 4.69) is 5.32 Å². The van der Waals surface area contributed by atoms with Crippen LogP contribution < -0.4 is 5.32 Å². The van der Waals surface area contributed by atoms with Crippen molar-refractivity contribution in [3.05, 3.63) is 0 Å². The number of carboxylic acid groups (broad SMARTS) is 1. The van der Waals surface area contributed by atoms with Crippen LogP contribution >= 0.6 is 11.8 Å². The molecule has 1 unspecified atom stereocenters. The van der Waals surface area contributed by atoms with Gasteiger partial charge in [0, 0.05) is 18.8 Å². The number of nitrogens with one attached hydrogen (secondary N) is 1. The van der Waals surface area contributed by atoms with Gasteiger partial charge in [-0.15, -0.1) is 0 Å². The molecule has 0 aliphatic carbocycles. The third kappa shape index (κ3) is 3.92. The van der Waals surface area contributed by atoms with Gasteiger partial charge in [-0.2, -0.15) is 11.8 Å². The van der Waals surface area contributed by atoms with Crippen LogP contribution in [0, 0.1) is 0 Å². The lowest BCUT2D eigenvalue weighted by molar-refractivity contribution is -0.146. The molecule has 0 bridgehead atoms. The lowest BCUT2D eigenvalue weighted by atomic mass is 10.1. The van der Waals surface area contributed by atoms with E-state index in [9.17, 15) is 9.59 Å². The summed E-state index contributed by atoms with van der Waals surface area (Å²) in [5, 5.41) is 11.7. The summed E-state index contributed by atoms with van der Waals surface area (Å²) in [6.45, 7) is 4.87. The van der Waals surface area contributed by atoms with Crippen molar-refractivity contribution >= 4 is 23.8 Å². The molecule has 0 radical (unpaired) electrons. The molecule has 0 fully saturated rings. The number of carboxylic acids is 1. The number of nitrogens with zero attached hydrogens (tertiary/aromatic N) is 1. The van der Waals surface area contributed by atoms with Crippen molar-refractivity contribution in [2.75, 3.05) is 19.1 Å². The van der Waals surface area contributed by atoms with Gasteiger partial charge in [0.25, 0.3) is 0 Å². The van der Waals surface area contributed by atoms with Crippen molar-refractivity contribution in [3.63, 3.8) is 0 Å². The molecule has 0 heterocycles. The number of rotatable bonds is 5. The predicted molar refractivity (Wildman–Crippen MR) is 65.9 cm³/mol. The third-order valence-corrected chi connectivity index (χ3v) is 3.29. The van der Waals surface area contributed by atoms with Gasteiger partial charge in [0.1, 0.15) is 5.54 Å². The smallest absolute Gasteiger partial charge is 0.329 e. The minimum absolute atomic E-state index is 0.0227. The largest absolute Gasteiger partial charge is 0.480 e. The average Bonchev–Trinajstić information content (AvgIpc) is 2.16. The molecular weight excluding hydrogens is 228 g/mol. The van der Waals surface area contributed by atoms with Gasteiger partial charge in [0.05, 0.1) is 0 Å². The molecule has 0 aromatic rings. The minimum atomic E-state index is -1.21. The van der Waals surface area contributed by atoms with E-state index in [1.54, 1.807) is 11.8 Å². The van der Waals surface area contributed by atoms with E-state index in [1.165, 1.54) is 25.8 Å². The maximum atomic E-state index is 11.7. The number of carbonyl (C=O) groups is 2. The van der Waals surface area contributed by atoms with Crippen LogP contribution in [-0.4, -0.2) is 52.6 Å². The Hall–Kier alpha value is -0.910. The Labute approximate surface area is 101 Å². The van der Waals surface area contributed by atoms with Gasteiger partial charge in [0.2, 0.25) is 0 Å². The summed E-state index contributed by atoms with van der Waals surface area (Å²) in [4.78, 5) is 23.9. The Bertz CT molecular complexity index is 269. The van der Waals surface area contributed by atoms with Crippen LogP contribution in [0.3, 0.4) is 0 Å². The molecule has 1 atom stereocenters. The Morgan fingerprint density at radius 3 is 2.38 bits per heavy atom. The summed E-state index contributed by atoms with van der Waals surface area (Å²) in [5.41, 5.74) is -1.21. The summed E-state index contributed by atoms with van der Waals surface area (Å²) >= 11 is 1.63. The van der Waals surface area contributed by atoms with E-state index in [1.807, 2.05) is 13.2 Å². The lowest BCUT2D eigenvalue weighted by Gasteiger charge is -2.32. The SMILES string of the molecule is CSCC(C)NC(=O)N(C)C(C)(C)C(=O)O. The van der Waals surface area contributed by atoms with Crippen LogP contribution in [-0.2, 0) is 4.79 Å². The molecule has 94 valence electrons. The maximum absolute atomic E-state index is 11.7. The van der Waals surface area contributed by atoms with E-state index >= 15 is 0 Å². The van der Waals surface area contributed by atoms with Crippen molar-refractivity contribution in [3.8, 4) is 0 Å². The van der Waals surface area contributed by atoms with E-state index in [0.717, 1.165) is 5.75 Å². The van der Waals surface area contributed by atoms with Gasteiger partial charge >= 0.3 is 12.0 Å². The number of carbonyl (C=O) groups excluding carboxylic acids is 1. The number of likely N-dealkylation sites (N-methyl/N-ethyl adjacent to an activating group) is 1. The molecule has 2 N–H and O–H groups in total. The highest BCUT2D eigenvalue weighted by molar-refractivity contribution is 7.98. The monoisotopic (exact) mass is 248 g/mol. The number of urea groups is 1. The number of amides is 2. The molecule has 5 nitrogen and oxygen atoms in total. The number of aliphatic carboxylic acids is 1. The quantitative estimate of drug-likeness (QED) is 0.768. The van der Waals surface area contributed by atoms with Crippen LogP contribution in [0.4, 0.5) is 4.79 Å². The van der Waals surface area contributed by atoms with Gasteiger partial charge in [-0.3, -0.25) is 0 Å². The lowest BCUT2D eigenvalue weighted by Crippen LogP contribution is -2.55. The number of thioether (sulfide) groups is 1. The average molecular weight is 248 g/mol. The molecule has 0 aromatic carbocycles. The Kier molecular flexibility index (Phi) is 5.64. The van der Waals surface area contributed by atoms with E-state index < -0.39 is 11.5 Å². The van der Waals surface area contributed by atoms with Crippen LogP contribution in [0.1, 0.15) is 20.8 Å². The first-order valence-corrected chi connectivity index (χ1v) is 6.39. The van der Waals surface area contributed by atoms with Gasteiger partial charge in [-0.1, -0.05) is 0 Å². The van der Waals surface area contributed by atoms with E-state index in [-0.39, 0.29) is 12.1 Å². The van der Waals surface area contributed by atoms with Crippen molar-refractivity contribution in [1.29, 1.82) is 0 Å². The maximum Gasteiger partial charge on any atom is 0.329 e. The molecule has 0 saturated heterocycles. The van der Waals surface area contributed by atoms with Gasteiger partial charge < -0.3 is 15.3 Å². The second kappa shape index (κ2) is 5.98. The molecule has 6 heteroatoms. The minimum Gasteiger partial charge on any atom is -0.480 e. The first kappa shape index (κ1) is 15.1. The van der Waals surface area contributed by atoms with Crippen molar-refractivity contribution in [2.45, 2.75) is 32.4 Å². The fourth-order valence-corrected chi connectivity index (χ4v) is 1.58. The second-order valence-corrected chi connectivity index (χ2v) is 5.14. The fraction of sp³-hybridized carbons (Fsp3) is 0.800. The van der Waals surface area contributed by atoms with Crippen molar-refractivity contribution < 1.29 is 14.7 Å². The number of hydrogen-bond acceptors (Lipinski definition) is 3. The van der Waals surface area contributed by atoms with E-state index in [4.69, 9.17) is 5.11 Å². The normalized spacial score (nSPS) is 13.1. The molecular formula is C10H20N2O3S. The topological polar surface area (TPSA) is 69.6 Å². The first-order chi connectivity index (χ1) is 7.23. The summed E-state index contributed by atoms with van der Waals surface area (Å²) in [7, 11) is 1.48. The standard InChI is InChI=1S/C10H20N2O3S/c1-7(6-16-5)11-9(15)12(4)10(2,3)8(13)14/h7H,6H2,1-5H3,(H,11,15)(H,13,14). The van der Waals surface area contributed by atoms with E-state index in [0.29, 0.717) is 0 Å². The highest BCUT2D eigenvalue weighted by Gasteiger charge is 2.35. The summed E-state index contributed by atoms with van der Waals surface area (Å²) < 4.78 is 0. The van der Waals surface area contributed by atoms with Gasteiger partial charge in [-0.25, -0.2) is 9.59 Å². The molecule has 0 saturated carbocycles. The molecule has 0 aliphatic heterocycles. The Balaban J connectivity index is 4.45. The van der Waals surface area contributed by atoms with Crippen molar-refractivity contribution in [2.24, 2.45) is 0 Å². The molecule has 0 aromatic heterocycles. The zero-order valence-electron chi connectivity index (χ0n) is 10.4. The highest BCUT2D eigenvalue weighted by atomic mass is 32.2. The second-order valence-electron chi connectivity index (χ2n) is 4.23. The van der Waals surface area contributed by atoms with Crippen LogP contribution in [0.25, 0.3) is 0 Å². The van der Waals surface area contributed by atoms with Crippen LogP contribution in [0.15, 0.2) is 0 Å². The van der Waals surface area contributed by atoms with Gasteiger partial charge in [-0.05, 0) is 27.0 Å². The highest BCUT2D eigenvalue weighted by Crippen LogP contribution is 2.12. The van der Waals surface area contributed by atoms with Gasteiger partial charge in [0.15, 0.2) is 0 Å². The summed E-state index contributed by atoms with van der Waals surface area (Å²) in [6.07, 6.45) is 1.95. The fourth-order valence-electron chi connectivity index (χ4n) is 0.997. The van der Waals surface area contributed by atoms with Crippen molar-refractivity contribution in [1.82, 2.24) is 10.2 Å². The summed E-state index contributed by atoms with van der Waals surface area (Å²) in [5.74, 6) is -0.227. The molecule has 2 amide bonds. The van der Waals surface area contributed by atoms with Crippen LogP contribution in [0.2, 0.25) is 0 Å². The number of hydrogen-bond donors (Lipinski definition) is 2. The Morgan fingerprint density at radius 2 is 2.00 bits per heavy atom. The zero-order valence-corrected chi connectivity index (χ0v) is 11.2. The third-order valence-electron chi connectivity index (χ3n) is 2.45. The molecule has 0 aliphatic rings. The molecule has 0 rings (SSSR count). The molecule has 0 spiro atoms. The summed E-state index contributed by atoms with van der Waals surface area (Å²) in [6, 6.07) is -0.344. The van der Waals surface area contributed by atoms with Crippen LogP contribution in [0.5, 0.6) is 0 Å². The first-order valence-electron chi connectivity index (χ1n) is 5.00. The zero-order chi connectivity index (χ0) is 12.9. The Morgan fingerprint density at radius 1 is 1.50 bits per heavy atom. The predicted octanol–water partition coefficient (Wildman–Crippen LogP) is 1.24. The molecule has 16 heavy (non-hydrogen) atoms.